The molecule has 2 rings (SSSR count). The Hall–Kier alpha value is -2.83. The molecule has 2 aromatic rings. The molecule has 1 atom stereocenters. The van der Waals surface area contributed by atoms with E-state index in [4.69, 9.17) is 0 Å². The molecule has 2 aromatic carbocycles. The van der Waals surface area contributed by atoms with Crippen LogP contribution in [0.15, 0.2) is 48.5 Å². The van der Waals surface area contributed by atoms with Crippen LogP contribution in [-0.4, -0.2) is 23.0 Å². The van der Waals surface area contributed by atoms with Crippen molar-refractivity contribution in [1.82, 2.24) is 5.32 Å². The van der Waals surface area contributed by atoms with Gasteiger partial charge in [0, 0.05) is 12.0 Å². The molecule has 0 saturated heterocycles. The van der Waals surface area contributed by atoms with Crippen molar-refractivity contribution < 1.29 is 27.9 Å². The minimum Gasteiger partial charge on any atom is -0.480 e. The molecule has 0 saturated carbocycles. The molecule has 0 fully saturated rings. The number of carboxylic acids is 1. The summed E-state index contributed by atoms with van der Waals surface area (Å²) in [6.45, 7) is 6.08. The second-order valence-corrected chi connectivity index (χ2v) is 7.59. The van der Waals surface area contributed by atoms with Gasteiger partial charge in [-0.3, -0.25) is 4.79 Å². The van der Waals surface area contributed by atoms with Crippen molar-refractivity contribution in [2.75, 3.05) is 0 Å². The second kappa shape index (κ2) is 8.04. The lowest BCUT2D eigenvalue weighted by atomic mass is 9.86. The number of carbonyl (C=O) groups is 2. The van der Waals surface area contributed by atoms with Crippen LogP contribution >= 0.6 is 0 Å². The average molecular weight is 393 g/mol. The molecule has 0 aliphatic rings. The lowest BCUT2D eigenvalue weighted by Gasteiger charge is -2.19. The van der Waals surface area contributed by atoms with Gasteiger partial charge in [0.1, 0.15) is 6.04 Å². The number of carbonyl (C=O) groups excluding carboxylic acids is 1. The van der Waals surface area contributed by atoms with Gasteiger partial charge in [0.25, 0.3) is 5.91 Å². The van der Waals surface area contributed by atoms with Gasteiger partial charge >= 0.3 is 12.1 Å². The zero-order valence-electron chi connectivity index (χ0n) is 15.8. The standard InChI is InChI=1S/C21H22F3NO3/c1-20(2,3)15-9-7-14(8-10-15)18(26)25-17(19(27)28)12-13-5-4-6-16(11-13)21(22,23)24/h4-11,17H,12H2,1-3H3,(H,25,26)(H,27,28)/t17-/m1/s1. The van der Waals surface area contributed by atoms with Crippen LogP contribution in [0.3, 0.4) is 0 Å². The third-order valence-corrected chi connectivity index (χ3v) is 4.31. The van der Waals surface area contributed by atoms with Gasteiger partial charge in [-0.1, -0.05) is 51.1 Å². The summed E-state index contributed by atoms with van der Waals surface area (Å²) in [6, 6.07) is 9.83. The summed E-state index contributed by atoms with van der Waals surface area (Å²) in [4.78, 5) is 23.9. The second-order valence-electron chi connectivity index (χ2n) is 7.59. The van der Waals surface area contributed by atoms with E-state index in [0.29, 0.717) is 0 Å². The highest BCUT2D eigenvalue weighted by Gasteiger charge is 2.31. The fraction of sp³-hybridized carbons (Fsp3) is 0.333. The average Bonchev–Trinajstić information content (AvgIpc) is 2.60. The normalized spacial score (nSPS) is 13.1. The summed E-state index contributed by atoms with van der Waals surface area (Å²) in [5.74, 6) is -1.92. The highest BCUT2D eigenvalue weighted by atomic mass is 19.4. The molecule has 28 heavy (non-hydrogen) atoms. The number of amides is 1. The van der Waals surface area contributed by atoms with Crippen LogP contribution in [-0.2, 0) is 22.8 Å². The number of benzene rings is 2. The summed E-state index contributed by atoms with van der Waals surface area (Å²) in [5, 5.41) is 11.8. The number of hydrogen-bond donors (Lipinski definition) is 2. The first-order chi connectivity index (χ1) is 12.9. The van der Waals surface area contributed by atoms with Gasteiger partial charge in [-0.2, -0.15) is 13.2 Å². The first kappa shape index (κ1) is 21.5. The van der Waals surface area contributed by atoms with Gasteiger partial charge in [-0.05, 0) is 34.7 Å². The van der Waals surface area contributed by atoms with E-state index in [-0.39, 0.29) is 23.0 Å². The highest BCUT2D eigenvalue weighted by Crippen LogP contribution is 2.29. The zero-order chi connectivity index (χ0) is 21.1. The molecule has 0 spiro atoms. The Bertz CT molecular complexity index is 852. The molecular weight excluding hydrogens is 371 g/mol. The molecule has 0 aliphatic carbocycles. The molecule has 4 nitrogen and oxygen atoms in total. The van der Waals surface area contributed by atoms with E-state index in [1.54, 1.807) is 24.3 Å². The third kappa shape index (κ3) is 5.58. The van der Waals surface area contributed by atoms with Crippen molar-refractivity contribution in [2.45, 2.75) is 44.8 Å². The maximum atomic E-state index is 12.8. The van der Waals surface area contributed by atoms with E-state index in [1.165, 1.54) is 12.1 Å². The Kier molecular flexibility index (Phi) is 6.17. The summed E-state index contributed by atoms with van der Waals surface area (Å²) < 4.78 is 38.5. The molecule has 7 heteroatoms. The maximum absolute atomic E-state index is 12.8. The van der Waals surface area contributed by atoms with Crippen molar-refractivity contribution in [3.8, 4) is 0 Å². The third-order valence-electron chi connectivity index (χ3n) is 4.31. The van der Waals surface area contributed by atoms with E-state index in [0.717, 1.165) is 17.7 Å². The van der Waals surface area contributed by atoms with E-state index in [9.17, 15) is 27.9 Å². The molecule has 2 N–H and O–H groups in total. The molecule has 0 aromatic heterocycles. The minimum absolute atomic E-state index is 0.0951. The fourth-order valence-electron chi connectivity index (χ4n) is 2.67. The van der Waals surface area contributed by atoms with Crippen LogP contribution < -0.4 is 5.32 Å². The van der Waals surface area contributed by atoms with Crippen molar-refractivity contribution in [1.29, 1.82) is 0 Å². The van der Waals surface area contributed by atoms with E-state index < -0.39 is 29.7 Å². The van der Waals surface area contributed by atoms with E-state index in [2.05, 4.69) is 5.32 Å². The number of halogens is 3. The van der Waals surface area contributed by atoms with Crippen LogP contribution in [0.25, 0.3) is 0 Å². The zero-order valence-corrected chi connectivity index (χ0v) is 15.8. The first-order valence-corrected chi connectivity index (χ1v) is 8.68. The van der Waals surface area contributed by atoms with Gasteiger partial charge in [-0.25, -0.2) is 4.79 Å². The maximum Gasteiger partial charge on any atom is 0.416 e. The summed E-state index contributed by atoms with van der Waals surface area (Å²) in [7, 11) is 0. The quantitative estimate of drug-likeness (QED) is 0.790. The molecule has 0 heterocycles. The van der Waals surface area contributed by atoms with Crippen LogP contribution in [0, 0.1) is 0 Å². The van der Waals surface area contributed by atoms with Crippen LogP contribution in [0.5, 0.6) is 0 Å². The summed E-state index contributed by atoms with van der Waals surface area (Å²) in [5.41, 5.74) is 0.511. The number of carboxylic acid groups (broad SMARTS) is 1. The molecular formula is C21H22F3NO3. The Labute approximate surface area is 161 Å². The van der Waals surface area contributed by atoms with Gasteiger partial charge < -0.3 is 10.4 Å². The van der Waals surface area contributed by atoms with Crippen LogP contribution in [0.1, 0.15) is 47.8 Å². The largest absolute Gasteiger partial charge is 0.480 e. The number of hydrogen-bond acceptors (Lipinski definition) is 2. The Morgan fingerprint density at radius 2 is 1.61 bits per heavy atom. The van der Waals surface area contributed by atoms with Crippen molar-refractivity contribution in [3.63, 3.8) is 0 Å². The molecule has 1 amide bonds. The Morgan fingerprint density at radius 3 is 2.11 bits per heavy atom. The number of aliphatic carboxylic acids is 1. The van der Waals surface area contributed by atoms with Crippen LogP contribution in [0.4, 0.5) is 13.2 Å². The predicted molar refractivity (Wildman–Crippen MR) is 99.2 cm³/mol. The molecule has 0 bridgehead atoms. The fourth-order valence-corrected chi connectivity index (χ4v) is 2.67. The molecule has 150 valence electrons. The van der Waals surface area contributed by atoms with Crippen LogP contribution in [0.2, 0.25) is 0 Å². The van der Waals surface area contributed by atoms with Crippen molar-refractivity contribution in [2.24, 2.45) is 0 Å². The Morgan fingerprint density at radius 1 is 1.00 bits per heavy atom. The Balaban J connectivity index is 2.15. The molecule has 0 unspecified atom stereocenters. The van der Waals surface area contributed by atoms with E-state index >= 15 is 0 Å². The van der Waals surface area contributed by atoms with Crippen molar-refractivity contribution in [3.05, 3.63) is 70.8 Å². The smallest absolute Gasteiger partial charge is 0.416 e. The number of rotatable bonds is 5. The summed E-state index contributed by atoms with van der Waals surface area (Å²) >= 11 is 0. The predicted octanol–water partition coefficient (Wildman–Crippen LogP) is 4.43. The lowest BCUT2D eigenvalue weighted by molar-refractivity contribution is -0.139. The summed E-state index contributed by atoms with van der Waals surface area (Å²) in [6.07, 6.45) is -4.78. The lowest BCUT2D eigenvalue weighted by Crippen LogP contribution is -2.42. The van der Waals surface area contributed by atoms with Gasteiger partial charge in [0.05, 0.1) is 5.56 Å². The van der Waals surface area contributed by atoms with Gasteiger partial charge in [0.15, 0.2) is 0 Å². The SMILES string of the molecule is CC(C)(C)c1ccc(C(=O)N[C@H](Cc2cccc(C(F)(F)F)c2)C(=O)O)cc1. The van der Waals surface area contributed by atoms with Gasteiger partial charge in [-0.15, -0.1) is 0 Å². The molecule has 0 radical (unpaired) electrons. The highest BCUT2D eigenvalue weighted by molar-refractivity contribution is 5.96. The van der Waals surface area contributed by atoms with E-state index in [1.807, 2.05) is 20.8 Å². The monoisotopic (exact) mass is 393 g/mol. The minimum atomic E-state index is -4.52. The molecule has 0 aliphatic heterocycles. The van der Waals surface area contributed by atoms with Gasteiger partial charge in [0.2, 0.25) is 0 Å². The number of alkyl halides is 3. The first-order valence-electron chi connectivity index (χ1n) is 8.68. The topological polar surface area (TPSA) is 66.4 Å². The number of nitrogens with one attached hydrogen (secondary N) is 1. The van der Waals surface area contributed by atoms with Crippen molar-refractivity contribution >= 4 is 11.9 Å².